The lowest BCUT2D eigenvalue weighted by Crippen LogP contribution is -1.68. The van der Waals surface area contributed by atoms with E-state index in [4.69, 9.17) is 0 Å². The maximum atomic E-state index is 2.33. The molecule has 0 radical (unpaired) electrons. The average Bonchev–Trinajstić information content (AvgIpc) is 3.56. The van der Waals surface area contributed by atoms with Crippen molar-refractivity contribution in [3.8, 4) is 0 Å². The van der Waals surface area contributed by atoms with E-state index in [2.05, 4.69) is 73.3 Å². The quantitative estimate of drug-likeness (QED) is 0.191. The Kier molecular flexibility index (Phi) is 6.12. The largest absolute Gasteiger partial charge is 0.151 e. The van der Waals surface area contributed by atoms with Gasteiger partial charge in [0.15, 0.2) is 0 Å². The van der Waals surface area contributed by atoms with Crippen molar-refractivity contribution < 1.29 is 0 Å². The van der Waals surface area contributed by atoms with Crippen molar-refractivity contribution >= 4 is 108 Å². The van der Waals surface area contributed by atoms with Gasteiger partial charge in [0.1, 0.15) is 0 Å². The molecule has 0 spiro atoms. The lowest BCUT2D eigenvalue weighted by atomic mass is 10.1. The van der Waals surface area contributed by atoms with Crippen LogP contribution in [-0.4, -0.2) is 0 Å². The highest BCUT2D eigenvalue weighted by atomic mass is 32.1. The molecule has 0 aliphatic carbocycles. The van der Waals surface area contributed by atoms with Gasteiger partial charge in [-0.3, -0.25) is 0 Å². The zero-order valence-corrected chi connectivity index (χ0v) is 22.8. The van der Waals surface area contributed by atoms with Crippen molar-refractivity contribution in [3.63, 3.8) is 0 Å². The lowest BCUT2D eigenvalue weighted by molar-refractivity contribution is 1.50. The second-order valence-electron chi connectivity index (χ2n) is 7.60. The minimum atomic E-state index is 1.39. The van der Waals surface area contributed by atoms with E-state index >= 15 is 0 Å². The van der Waals surface area contributed by atoms with Crippen molar-refractivity contribution in [3.05, 3.63) is 67.2 Å². The number of benzene rings is 2. The molecule has 162 valence electrons. The monoisotopic (exact) mass is 508 g/mol. The molecule has 7 aromatic rings. The summed E-state index contributed by atoms with van der Waals surface area (Å²) in [6, 6.07) is 13.7. The molecule has 5 aromatic heterocycles. The summed E-state index contributed by atoms with van der Waals surface area (Å²) in [4.78, 5) is 4.20. The molecule has 0 aliphatic rings. The highest BCUT2D eigenvalue weighted by molar-refractivity contribution is 7.27. The summed E-state index contributed by atoms with van der Waals surface area (Å²) >= 11 is 9.35. The Hall–Kier alpha value is -1.76. The van der Waals surface area contributed by atoms with Gasteiger partial charge in [0.2, 0.25) is 0 Å². The third-order valence-electron chi connectivity index (χ3n) is 5.37. The minimum Gasteiger partial charge on any atom is -0.151 e. The third kappa shape index (κ3) is 3.80. The molecule has 2 aromatic carbocycles. The Morgan fingerprint density at radius 1 is 0.562 bits per heavy atom. The van der Waals surface area contributed by atoms with Crippen molar-refractivity contribution in [2.75, 3.05) is 0 Å². The topological polar surface area (TPSA) is 0 Å². The third-order valence-corrected chi connectivity index (χ3v) is 10.3. The summed E-state index contributed by atoms with van der Waals surface area (Å²) in [5.41, 5.74) is 0. The van der Waals surface area contributed by atoms with Crippen LogP contribution in [0.3, 0.4) is 0 Å². The molecule has 0 unspecified atom stereocenters. The van der Waals surface area contributed by atoms with Gasteiger partial charge in [-0.1, -0.05) is 13.8 Å². The van der Waals surface area contributed by atoms with Crippen LogP contribution in [0.2, 0.25) is 0 Å². The number of hydrogen-bond donors (Lipinski definition) is 0. The van der Waals surface area contributed by atoms with E-state index in [1.54, 1.807) is 11.3 Å². The highest BCUT2D eigenvalue weighted by Crippen LogP contribution is 2.42. The van der Waals surface area contributed by atoms with E-state index in [1.165, 1.54) is 65.7 Å². The molecule has 0 saturated carbocycles. The number of fused-ring (bicyclic) bond motifs is 8. The number of rotatable bonds is 0. The fourth-order valence-corrected chi connectivity index (χ4v) is 9.00. The van der Waals surface area contributed by atoms with E-state index in [0.29, 0.717) is 0 Å². The Bertz CT molecular complexity index is 1510. The molecule has 0 nitrogen and oxygen atoms in total. The van der Waals surface area contributed by atoms with E-state index in [-0.39, 0.29) is 0 Å². The van der Waals surface area contributed by atoms with Gasteiger partial charge in [0.05, 0.1) is 9.40 Å². The van der Waals surface area contributed by atoms with Crippen LogP contribution in [0.4, 0.5) is 0 Å². The van der Waals surface area contributed by atoms with Crippen LogP contribution in [0.1, 0.15) is 28.5 Å². The second-order valence-corrected chi connectivity index (χ2v) is 13.1. The first-order valence-corrected chi connectivity index (χ1v) is 15.0. The first kappa shape index (κ1) is 22.1. The number of aryl methyl sites for hydroxylation is 3. The second kappa shape index (κ2) is 8.88. The number of hydrogen-bond acceptors (Lipinski definition) is 5. The molecular formula is C27H24S5. The minimum absolute atomic E-state index is 1.39. The van der Waals surface area contributed by atoms with Gasteiger partial charge >= 0.3 is 0 Å². The molecule has 0 bridgehead atoms. The predicted octanol–water partition coefficient (Wildman–Crippen LogP) is 11.4. The zero-order chi connectivity index (χ0) is 22.4. The smallest absolute Gasteiger partial charge is 0.0530 e. The van der Waals surface area contributed by atoms with Crippen LogP contribution in [0.15, 0.2) is 52.5 Å². The SMILES string of the molecule is CC.Cc1cc2c3cscc3c3ccsc3c2s1.Cc1cc2cc3sc(C)cc3cc2s1. The summed E-state index contributed by atoms with van der Waals surface area (Å²) in [6.45, 7) is 10.5. The molecule has 32 heavy (non-hydrogen) atoms. The Morgan fingerprint density at radius 2 is 1.12 bits per heavy atom. The summed E-state index contributed by atoms with van der Waals surface area (Å²) < 4.78 is 5.74. The van der Waals surface area contributed by atoms with E-state index in [1.807, 2.05) is 59.2 Å². The molecule has 0 atom stereocenters. The van der Waals surface area contributed by atoms with Gasteiger partial charge in [-0.2, -0.15) is 11.3 Å². The average molecular weight is 509 g/mol. The molecule has 0 aliphatic heterocycles. The Morgan fingerprint density at radius 3 is 1.75 bits per heavy atom. The summed E-state index contributed by atoms with van der Waals surface area (Å²) in [5.74, 6) is 0. The Labute approximate surface area is 208 Å². The summed E-state index contributed by atoms with van der Waals surface area (Å²) in [7, 11) is 0. The predicted molar refractivity (Wildman–Crippen MR) is 155 cm³/mol. The van der Waals surface area contributed by atoms with Gasteiger partial charge in [-0.25, -0.2) is 0 Å². The van der Waals surface area contributed by atoms with Gasteiger partial charge in [-0.05, 0) is 84.1 Å². The van der Waals surface area contributed by atoms with Crippen molar-refractivity contribution in [1.29, 1.82) is 0 Å². The summed E-state index contributed by atoms with van der Waals surface area (Å²) in [6.07, 6.45) is 0. The van der Waals surface area contributed by atoms with Crippen LogP contribution in [0.5, 0.6) is 0 Å². The van der Waals surface area contributed by atoms with Crippen molar-refractivity contribution in [2.24, 2.45) is 0 Å². The highest BCUT2D eigenvalue weighted by Gasteiger charge is 2.12. The molecule has 0 saturated heterocycles. The van der Waals surface area contributed by atoms with Crippen LogP contribution >= 0.6 is 56.7 Å². The zero-order valence-electron chi connectivity index (χ0n) is 18.7. The van der Waals surface area contributed by atoms with Crippen molar-refractivity contribution in [2.45, 2.75) is 34.6 Å². The first-order valence-electron chi connectivity index (χ1n) is 10.7. The molecule has 0 fully saturated rings. The van der Waals surface area contributed by atoms with Crippen LogP contribution in [0, 0.1) is 20.8 Å². The van der Waals surface area contributed by atoms with E-state index in [0.717, 1.165) is 0 Å². The number of thiophene rings is 5. The fraction of sp³-hybridized carbons (Fsp3) is 0.185. The van der Waals surface area contributed by atoms with Crippen LogP contribution in [0.25, 0.3) is 51.1 Å². The maximum Gasteiger partial charge on any atom is 0.0530 e. The molecule has 5 heteroatoms. The molecule has 0 N–H and O–H groups in total. The van der Waals surface area contributed by atoms with Crippen molar-refractivity contribution in [1.82, 2.24) is 0 Å². The normalized spacial score (nSPS) is 11.3. The lowest BCUT2D eigenvalue weighted by Gasteiger charge is -1.96. The van der Waals surface area contributed by atoms with Gasteiger partial charge in [-0.15, -0.1) is 45.3 Å². The van der Waals surface area contributed by atoms with Gasteiger partial charge in [0.25, 0.3) is 0 Å². The molecule has 5 heterocycles. The van der Waals surface area contributed by atoms with Crippen LogP contribution < -0.4 is 0 Å². The standard InChI is InChI=1S/C13H8S3.C12H10S2.C2H6/c1-7-4-9-11-6-14-5-10(11)8-2-3-15-12(8)13(9)16-7;1-7-3-9-5-12-10(4-8(2)14-12)6-11(9)13-7;1-2/h2-6H,1H3;3-6H,1-2H3;1-2H3. The summed E-state index contributed by atoms with van der Waals surface area (Å²) in [5, 5.41) is 15.3. The molecular weight excluding hydrogens is 485 g/mol. The first-order chi connectivity index (χ1) is 15.6. The maximum absolute atomic E-state index is 2.33. The molecule has 7 rings (SSSR count). The fourth-order valence-electron chi connectivity index (χ4n) is 4.13. The molecule has 0 amide bonds. The van der Waals surface area contributed by atoms with Gasteiger partial charge in [0, 0.05) is 45.6 Å². The van der Waals surface area contributed by atoms with E-state index < -0.39 is 0 Å². The van der Waals surface area contributed by atoms with E-state index in [9.17, 15) is 0 Å². The Balaban J connectivity index is 0.000000127. The van der Waals surface area contributed by atoms with Crippen LogP contribution in [-0.2, 0) is 0 Å². The van der Waals surface area contributed by atoms with Gasteiger partial charge < -0.3 is 0 Å².